The fourth-order valence-corrected chi connectivity index (χ4v) is 8.13. The number of hydrogen-bond acceptors (Lipinski definition) is 5. The molecule has 1 aliphatic carbocycles. The molecule has 4 fully saturated rings. The standard InChI is InChI=1S/C32H34N4O6/c1-18(37)28-26-15-23(29(32(41)42)34(26)31(28)40)20-4-6-21-24-13-19(3-5-22(24)30(39)25(21)14-20)16-35-7-10-36(11-8-35,12-9-35)17-27(38)33-2/h3-6,13-14,18,26,28,37H,7-12,15-17H2,1-2H3/p+2/t18-,26-,28-,35?,36?/m1/s1. The van der Waals surface area contributed by atoms with Gasteiger partial charge in [-0.05, 0) is 53.8 Å². The SMILES string of the molecule is CNC(=O)C[N+]12CC[N+](Cc3ccc4c(c3)-c3ccc(C5=C(C(=O)O)N6C(=O)[C@H]([C@@H](C)O)[C@H]6C5)cc3C4=O)(CC1)CC2. The molecule has 8 rings (SSSR count). The van der Waals surface area contributed by atoms with E-state index in [1.807, 2.05) is 18.2 Å². The Morgan fingerprint density at radius 1 is 0.952 bits per heavy atom. The summed E-state index contributed by atoms with van der Waals surface area (Å²) in [4.78, 5) is 51.7. The highest BCUT2D eigenvalue weighted by molar-refractivity contribution is 6.22. The minimum Gasteiger partial charge on any atom is -0.477 e. The quantitative estimate of drug-likeness (QED) is 0.289. The van der Waals surface area contributed by atoms with Crippen LogP contribution >= 0.6 is 0 Å². The van der Waals surface area contributed by atoms with Crippen LogP contribution in [0.15, 0.2) is 42.1 Å². The van der Waals surface area contributed by atoms with Crippen molar-refractivity contribution in [1.82, 2.24) is 10.2 Å². The summed E-state index contributed by atoms with van der Waals surface area (Å²) in [6.45, 7) is 9.09. The first-order valence-electron chi connectivity index (χ1n) is 14.8. The summed E-state index contributed by atoms with van der Waals surface area (Å²) in [5, 5.41) is 22.8. The van der Waals surface area contributed by atoms with Crippen molar-refractivity contribution in [2.45, 2.75) is 32.0 Å². The predicted molar refractivity (Wildman–Crippen MR) is 153 cm³/mol. The fourth-order valence-electron chi connectivity index (χ4n) is 8.13. The number of β-lactam (4-membered cyclic amide) rings is 1. The number of ketones is 1. The van der Waals surface area contributed by atoms with Crippen molar-refractivity contribution in [2.24, 2.45) is 5.92 Å². The largest absolute Gasteiger partial charge is 0.477 e. The van der Waals surface area contributed by atoms with Crippen molar-refractivity contribution in [3.8, 4) is 11.1 Å². The molecule has 3 N–H and O–H groups in total. The molecule has 3 atom stereocenters. The van der Waals surface area contributed by atoms with Crippen LogP contribution in [0.2, 0.25) is 0 Å². The van der Waals surface area contributed by atoms with E-state index in [0.717, 1.165) is 65.9 Å². The van der Waals surface area contributed by atoms with Crippen LogP contribution in [0.3, 0.4) is 0 Å². The van der Waals surface area contributed by atoms with E-state index in [2.05, 4.69) is 17.4 Å². The zero-order valence-electron chi connectivity index (χ0n) is 23.9. The number of nitrogens with zero attached hydrogens (tertiary/aromatic N) is 3. The van der Waals surface area contributed by atoms with E-state index in [-0.39, 0.29) is 29.3 Å². The normalized spacial score (nSPS) is 29.6. The molecule has 0 unspecified atom stereocenters. The van der Waals surface area contributed by atoms with Gasteiger partial charge in [0.05, 0.1) is 18.1 Å². The van der Waals surface area contributed by atoms with Gasteiger partial charge in [-0.3, -0.25) is 14.4 Å². The summed E-state index contributed by atoms with van der Waals surface area (Å²) >= 11 is 0. The lowest BCUT2D eigenvalue weighted by atomic mass is 9.82. The van der Waals surface area contributed by atoms with E-state index in [1.54, 1.807) is 20.0 Å². The summed E-state index contributed by atoms with van der Waals surface area (Å²) in [7, 11) is 1.70. The average Bonchev–Trinajstić information content (AvgIpc) is 3.46. The molecule has 2 aromatic carbocycles. The molecule has 2 bridgehead atoms. The van der Waals surface area contributed by atoms with Gasteiger partial charge in [0.25, 0.3) is 5.91 Å². The zero-order chi connectivity index (χ0) is 29.6. The first kappa shape index (κ1) is 27.0. The first-order valence-corrected chi connectivity index (χ1v) is 14.8. The molecule has 6 aliphatic rings. The highest BCUT2D eigenvalue weighted by atomic mass is 16.4. The van der Waals surface area contributed by atoms with Gasteiger partial charge in [0.1, 0.15) is 51.5 Å². The summed E-state index contributed by atoms with van der Waals surface area (Å²) < 4.78 is 1.88. The van der Waals surface area contributed by atoms with Crippen LogP contribution in [0.25, 0.3) is 16.7 Å². The van der Waals surface area contributed by atoms with Gasteiger partial charge in [-0.1, -0.05) is 18.2 Å². The molecular weight excluding hydrogens is 536 g/mol. The highest BCUT2D eigenvalue weighted by Gasteiger charge is 2.57. The second kappa shape index (κ2) is 9.32. The lowest BCUT2D eigenvalue weighted by Gasteiger charge is -2.55. The van der Waals surface area contributed by atoms with E-state index in [9.17, 15) is 29.4 Å². The van der Waals surface area contributed by atoms with Gasteiger partial charge in [0.15, 0.2) is 12.3 Å². The monoisotopic (exact) mass is 572 g/mol. The fraction of sp³-hybridized carbons (Fsp3) is 0.438. The summed E-state index contributed by atoms with van der Waals surface area (Å²) in [5.41, 5.74) is 5.22. The molecule has 5 aliphatic heterocycles. The Labute approximate surface area is 244 Å². The van der Waals surface area contributed by atoms with Gasteiger partial charge in [-0.15, -0.1) is 0 Å². The van der Waals surface area contributed by atoms with Gasteiger partial charge >= 0.3 is 5.97 Å². The third-order valence-corrected chi connectivity index (χ3v) is 10.6. The Hall–Kier alpha value is -3.86. The van der Waals surface area contributed by atoms with E-state index in [4.69, 9.17) is 0 Å². The number of fused-ring (bicyclic) bond motifs is 7. The highest BCUT2D eigenvalue weighted by Crippen LogP contribution is 2.48. The van der Waals surface area contributed by atoms with Crippen molar-refractivity contribution >= 4 is 29.1 Å². The molecule has 2 amide bonds. The Morgan fingerprint density at radius 2 is 1.62 bits per heavy atom. The van der Waals surface area contributed by atoms with Crippen LogP contribution < -0.4 is 5.32 Å². The number of likely N-dealkylation sites (N-methyl/N-ethyl adjacent to an activating group) is 1. The summed E-state index contributed by atoms with van der Waals surface area (Å²) in [6.07, 6.45) is -0.529. The number of aliphatic carboxylic acids is 1. The molecule has 10 nitrogen and oxygen atoms in total. The number of carbonyl (C=O) groups excluding carboxylic acids is 3. The molecule has 0 radical (unpaired) electrons. The van der Waals surface area contributed by atoms with Crippen LogP contribution in [0, 0.1) is 5.92 Å². The van der Waals surface area contributed by atoms with E-state index in [0.29, 0.717) is 35.2 Å². The molecule has 4 saturated heterocycles. The van der Waals surface area contributed by atoms with Crippen molar-refractivity contribution in [2.75, 3.05) is 52.9 Å². The number of quaternary nitrogens is 2. The van der Waals surface area contributed by atoms with E-state index >= 15 is 0 Å². The summed E-state index contributed by atoms with van der Waals surface area (Å²) in [6, 6.07) is 11.2. The number of carbonyl (C=O) groups is 4. The van der Waals surface area contributed by atoms with Crippen LogP contribution in [0.1, 0.15) is 40.4 Å². The number of rotatable bonds is 7. The van der Waals surface area contributed by atoms with Gasteiger partial charge < -0.3 is 29.4 Å². The molecule has 0 aromatic heterocycles. The molecular formula is C32H36N4O6+2. The number of carboxylic acids is 1. The number of benzene rings is 2. The van der Waals surface area contributed by atoms with Gasteiger partial charge in [0.2, 0.25) is 5.91 Å². The van der Waals surface area contributed by atoms with Crippen LogP contribution in [-0.2, 0) is 20.9 Å². The van der Waals surface area contributed by atoms with Crippen LogP contribution in [0.5, 0.6) is 0 Å². The number of piperazine rings is 3. The Kier molecular flexibility index (Phi) is 5.99. The molecule has 2 aromatic rings. The average molecular weight is 573 g/mol. The van der Waals surface area contributed by atoms with Crippen molar-refractivity contribution in [3.05, 3.63) is 64.3 Å². The number of hydrogen-bond donors (Lipinski definition) is 3. The van der Waals surface area contributed by atoms with Gasteiger partial charge in [-0.2, -0.15) is 0 Å². The van der Waals surface area contributed by atoms with Crippen LogP contribution in [-0.4, -0.2) is 113 Å². The second-order valence-electron chi connectivity index (χ2n) is 12.9. The number of nitrogens with one attached hydrogen (secondary N) is 1. The smallest absolute Gasteiger partial charge is 0.352 e. The third-order valence-electron chi connectivity index (χ3n) is 10.6. The molecule has 42 heavy (non-hydrogen) atoms. The van der Waals surface area contributed by atoms with Gasteiger partial charge in [-0.25, -0.2) is 4.79 Å². The second-order valence-corrected chi connectivity index (χ2v) is 12.9. The maximum absolute atomic E-state index is 13.5. The first-order chi connectivity index (χ1) is 20.1. The molecule has 0 saturated carbocycles. The van der Waals surface area contributed by atoms with Gasteiger partial charge in [0, 0.05) is 23.7 Å². The number of carboxylic acid groups (broad SMARTS) is 1. The Bertz CT molecular complexity index is 1590. The van der Waals surface area contributed by atoms with Crippen molar-refractivity contribution in [1.29, 1.82) is 0 Å². The lowest BCUT2D eigenvalue weighted by Crippen LogP contribution is -2.75. The van der Waals surface area contributed by atoms with E-state index in [1.165, 1.54) is 10.5 Å². The number of aliphatic hydroxyl groups is 1. The third kappa shape index (κ3) is 3.89. The zero-order valence-corrected chi connectivity index (χ0v) is 23.9. The van der Waals surface area contributed by atoms with Crippen LogP contribution in [0.4, 0.5) is 0 Å². The Morgan fingerprint density at radius 3 is 2.26 bits per heavy atom. The number of aliphatic hydroxyl groups excluding tert-OH is 1. The maximum Gasteiger partial charge on any atom is 0.352 e. The van der Waals surface area contributed by atoms with Crippen molar-refractivity contribution < 1.29 is 38.4 Å². The minimum atomic E-state index is -1.18. The predicted octanol–water partition coefficient (Wildman–Crippen LogP) is 1.21. The molecule has 218 valence electrons. The molecule has 10 heteroatoms. The topological polar surface area (TPSA) is 124 Å². The molecule has 0 spiro atoms. The number of amides is 2. The van der Waals surface area contributed by atoms with E-state index < -0.39 is 18.0 Å². The molecule has 5 heterocycles. The Balaban J connectivity index is 1.15. The lowest BCUT2D eigenvalue weighted by molar-refractivity contribution is -1.08. The maximum atomic E-state index is 13.5. The minimum absolute atomic E-state index is 0.0537. The van der Waals surface area contributed by atoms with Crippen molar-refractivity contribution in [3.63, 3.8) is 0 Å². The summed E-state index contributed by atoms with van der Waals surface area (Å²) in [5.74, 6) is -2.15.